The van der Waals surface area contributed by atoms with Crippen molar-refractivity contribution in [1.82, 2.24) is 15.1 Å². The van der Waals surface area contributed by atoms with E-state index in [-0.39, 0.29) is 0 Å². The second kappa shape index (κ2) is 7.99. The number of carbonyl (C=O) groups excluding carboxylic acids is 1. The lowest BCUT2D eigenvalue weighted by molar-refractivity contribution is -0.134. The van der Waals surface area contributed by atoms with Crippen molar-refractivity contribution < 1.29 is 4.79 Å². The van der Waals surface area contributed by atoms with Crippen LogP contribution in [0.25, 0.3) is 0 Å². The summed E-state index contributed by atoms with van der Waals surface area (Å²) in [6, 6.07) is 0. The molecule has 116 valence electrons. The quantitative estimate of drug-likeness (QED) is 0.831. The number of piperidine rings is 2. The van der Waals surface area contributed by atoms with Crippen LogP contribution in [0.4, 0.5) is 0 Å². The van der Waals surface area contributed by atoms with E-state index in [1.807, 2.05) is 0 Å². The SMILES string of the molecule is CCNCC1CCN(CC(=O)N2CCC(C)CC2)CC1. The van der Waals surface area contributed by atoms with Gasteiger partial charge in [-0.05, 0) is 63.7 Å². The molecule has 0 unspecified atom stereocenters. The minimum Gasteiger partial charge on any atom is -0.342 e. The molecule has 0 bridgehead atoms. The maximum atomic E-state index is 12.3. The lowest BCUT2D eigenvalue weighted by Gasteiger charge is -2.35. The summed E-state index contributed by atoms with van der Waals surface area (Å²) < 4.78 is 0. The van der Waals surface area contributed by atoms with Crippen molar-refractivity contribution in [3.8, 4) is 0 Å². The van der Waals surface area contributed by atoms with Gasteiger partial charge in [0.1, 0.15) is 0 Å². The molecule has 2 saturated heterocycles. The van der Waals surface area contributed by atoms with Crippen LogP contribution in [0.2, 0.25) is 0 Å². The van der Waals surface area contributed by atoms with Crippen LogP contribution >= 0.6 is 0 Å². The first-order valence-corrected chi connectivity index (χ1v) is 8.40. The van der Waals surface area contributed by atoms with Gasteiger partial charge in [0, 0.05) is 13.1 Å². The maximum Gasteiger partial charge on any atom is 0.236 e. The van der Waals surface area contributed by atoms with Gasteiger partial charge in [-0.25, -0.2) is 0 Å². The molecule has 20 heavy (non-hydrogen) atoms. The zero-order chi connectivity index (χ0) is 14.4. The van der Waals surface area contributed by atoms with Crippen LogP contribution in [-0.4, -0.2) is 61.5 Å². The normalized spacial score (nSPS) is 23.2. The van der Waals surface area contributed by atoms with Crippen LogP contribution in [0.3, 0.4) is 0 Å². The number of hydrogen-bond donors (Lipinski definition) is 1. The molecule has 1 N–H and O–H groups in total. The summed E-state index contributed by atoms with van der Waals surface area (Å²) in [4.78, 5) is 16.7. The molecule has 0 aromatic carbocycles. The fourth-order valence-corrected chi connectivity index (χ4v) is 3.25. The van der Waals surface area contributed by atoms with E-state index in [0.717, 1.165) is 51.1 Å². The summed E-state index contributed by atoms with van der Waals surface area (Å²) in [7, 11) is 0. The molecule has 4 heteroatoms. The Morgan fingerprint density at radius 2 is 1.75 bits per heavy atom. The highest BCUT2D eigenvalue weighted by atomic mass is 16.2. The molecule has 0 radical (unpaired) electrons. The van der Waals surface area contributed by atoms with Crippen molar-refractivity contribution in [2.45, 2.75) is 39.5 Å². The lowest BCUT2D eigenvalue weighted by atomic mass is 9.96. The first kappa shape index (κ1) is 15.8. The fraction of sp³-hybridized carbons (Fsp3) is 0.938. The second-order valence-electron chi connectivity index (χ2n) is 6.59. The van der Waals surface area contributed by atoms with Gasteiger partial charge in [0.15, 0.2) is 0 Å². The molecule has 0 saturated carbocycles. The van der Waals surface area contributed by atoms with Crippen molar-refractivity contribution in [2.24, 2.45) is 11.8 Å². The molecule has 2 rings (SSSR count). The van der Waals surface area contributed by atoms with Gasteiger partial charge in [0.25, 0.3) is 0 Å². The number of hydrogen-bond acceptors (Lipinski definition) is 3. The number of carbonyl (C=O) groups is 1. The van der Waals surface area contributed by atoms with E-state index in [9.17, 15) is 4.79 Å². The minimum atomic E-state index is 0.349. The summed E-state index contributed by atoms with van der Waals surface area (Å²) in [5.74, 6) is 1.94. The highest BCUT2D eigenvalue weighted by Gasteiger charge is 2.24. The van der Waals surface area contributed by atoms with E-state index in [0.29, 0.717) is 12.5 Å². The van der Waals surface area contributed by atoms with E-state index in [1.165, 1.54) is 25.7 Å². The van der Waals surface area contributed by atoms with Crippen LogP contribution in [-0.2, 0) is 4.79 Å². The number of amides is 1. The van der Waals surface area contributed by atoms with Crippen LogP contribution in [0.1, 0.15) is 39.5 Å². The summed E-state index contributed by atoms with van der Waals surface area (Å²) in [6.07, 6.45) is 4.82. The topological polar surface area (TPSA) is 35.6 Å². The summed E-state index contributed by atoms with van der Waals surface area (Å²) >= 11 is 0. The molecule has 2 fully saturated rings. The van der Waals surface area contributed by atoms with Crippen molar-refractivity contribution >= 4 is 5.91 Å². The molecule has 0 spiro atoms. The van der Waals surface area contributed by atoms with Crippen LogP contribution < -0.4 is 5.32 Å². The Kier molecular flexibility index (Phi) is 6.30. The van der Waals surface area contributed by atoms with Gasteiger partial charge in [-0.1, -0.05) is 13.8 Å². The van der Waals surface area contributed by atoms with E-state index in [4.69, 9.17) is 0 Å². The largest absolute Gasteiger partial charge is 0.342 e. The third-order valence-electron chi connectivity index (χ3n) is 4.89. The number of nitrogens with zero attached hydrogens (tertiary/aromatic N) is 2. The predicted molar refractivity (Wildman–Crippen MR) is 82.7 cm³/mol. The van der Waals surface area contributed by atoms with Gasteiger partial charge in [-0.3, -0.25) is 9.69 Å². The minimum absolute atomic E-state index is 0.349. The molecule has 1 amide bonds. The van der Waals surface area contributed by atoms with Crippen LogP contribution in [0.15, 0.2) is 0 Å². The third-order valence-corrected chi connectivity index (χ3v) is 4.89. The van der Waals surface area contributed by atoms with Crippen molar-refractivity contribution in [3.63, 3.8) is 0 Å². The highest BCUT2D eigenvalue weighted by molar-refractivity contribution is 5.78. The van der Waals surface area contributed by atoms with Gasteiger partial charge in [0.2, 0.25) is 5.91 Å². The first-order chi connectivity index (χ1) is 9.69. The average molecular weight is 281 g/mol. The van der Waals surface area contributed by atoms with Crippen molar-refractivity contribution in [2.75, 3.05) is 45.8 Å². The standard InChI is InChI=1S/C16H31N3O/c1-3-17-12-15-6-8-18(9-7-15)13-16(20)19-10-4-14(2)5-11-19/h14-15,17H,3-13H2,1-2H3. The monoisotopic (exact) mass is 281 g/mol. The highest BCUT2D eigenvalue weighted by Crippen LogP contribution is 2.18. The molecule has 0 atom stereocenters. The van der Waals surface area contributed by atoms with Gasteiger partial charge < -0.3 is 10.2 Å². The number of nitrogens with one attached hydrogen (secondary N) is 1. The molecule has 0 aromatic rings. The third kappa shape index (κ3) is 4.74. The van der Waals surface area contributed by atoms with Gasteiger partial charge >= 0.3 is 0 Å². The Hall–Kier alpha value is -0.610. The Morgan fingerprint density at radius 1 is 1.10 bits per heavy atom. The summed E-state index contributed by atoms with van der Waals surface area (Å²) in [5.41, 5.74) is 0. The number of rotatable bonds is 5. The smallest absolute Gasteiger partial charge is 0.236 e. The van der Waals surface area contributed by atoms with Crippen molar-refractivity contribution in [1.29, 1.82) is 0 Å². The fourth-order valence-electron chi connectivity index (χ4n) is 3.25. The summed E-state index contributed by atoms with van der Waals surface area (Å²) in [6.45, 7) is 11.4. The first-order valence-electron chi connectivity index (χ1n) is 8.40. The van der Waals surface area contributed by atoms with Crippen molar-refractivity contribution in [3.05, 3.63) is 0 Å². The van der Waals surface area contributed by atoms with Gasteiger partial charge in [-0.2, -0.15) is 0 Å². The molecule has 4 nitrogen and oxygen atoms in total. The Morgan fingerprint density at radius 3 is 2.35 bits per heavy atom. The van der Waals surface area contributed by atoms with Crippen LogP contribution in [0, 0.1) is 11.8 Å². The van der Waals surface area contributed by atoms with E-state index in [1.54, 1.807) is 0 Å². The van der Waals surface area contributed by atoms with E-state index in [2.05, 4.69) is 29.0 Å². The van der Waals surface area contributed by atoms with Crippen LogP contribution in [0.5, 0.6) is 0 Å². The molecule has 2 aliphatic rings. The zero-order valence-electron chi connectivity index (χ0n) is 13.2. The average Bonchev–Trinajstić information content (AvgIpc) is 2.47. The molecule has 0 aromatic heterocycles. The predicted octanol–water partition coefficient (Wildman–Crippen LogP) is 1.57. The lowest BCUT2D eigenvalue weighted by Crippen LogP contribution is -2.46. The second-order valence-corrected chi connectivity index (χ2v) is 6.59. The van der Waals surface area contributed by atoms with E-state index >= 15 is 0 Å². The summed E-state index contributed by atoms with van der Waals surface area (Å²) in [5, 5.41) is 3.44. The molecule has 2 aliphatic heterocycles. The Bertz CT molecular complexity index is 292. The Labute approximate surface area is 123 Å². The molecular formula is C16H31N3O. The van der Waals surface area contributed by atoms with Gasteiger partial charge in [0.05, 0.1) is 6.54 Å². The molecular weight excluding hydrogens is 250 g/mol. The number of likely N-dealkylation sites (tertiary alicyclic amines) is 2. The molecule has 0 aliphatic carbocycles. The zero-order valence-corrected chi connectivity index (χ0v) is 13.2. The van der Waals surface area contributed by atoms with Gasteiger partial charge in [-0.15, -0.1) is 0 Å². The molecule has 2 heterocycles. The van der Waals surface area contributed by atoms with E-state index < -0.39 is 0 Å². The maximum absolute atomic E-state index is 12.3. The Balaban J connectivity index is 1.66.